The van der Waals surface area contributed by atoms with Gasteiger partial charge in [-0.2, -0.15) is 0 Å². The van der Waals surface area contributed by atoms with Crippen LogP contribution in [0.1, 0.15) is 78.9 Å². The molecular formula is C54H60N18O6. The zero-order chi connectivity index (χ0) is 55.4. The summed E-state index contributed by atoms with van der Waals surface area (Å²) in [6.07, 6.45) is 13.0. The Morgan fingerprint density at radius 2 is 1.46 bits per heavy atom. The van der Waals surface area contributed by atoms with E-state index >= 15 is 0 Å². The van der Waals surface area contributed by atoms with Gasteiger partial charge < -0.3 is 40.3 Å². The molecule has 1 saturated heterocycles. The summed E-state index contributed by atoms with van der Waals surface area (Å²) in [7, 11) is 0. The van der Waals surface area contributed by atoms with E-state index in [9.17, 15) is 10.0 Å². The first kappa shape index (κ1) is 56.6. The topological polar surface area (TPSA) is 293 Å². The maximum Gasteiger partial charge on any atom is 0.274 e. The van der Waals surface area contributed by atoms with Crippen molar-refractivity contribution in [3.05, 3.63) is 59.6 Å². The molecule has 4 aromatic rings. The minimum Gasteiger partial charge on any atom is -0.488 e. The lowest BCUT2D eigenvalue weighted by atomic mass is 10.1. The van der Waals surface area contributed by atoms with Gasteiger partial charge >= 0.3 is 0 Å². The van der Waals surface area contributed by atoms with E-state index in [0.717, 1.165) is 35.7 Å². The van der Waals surface area contributed by atoms with Gasteiger partial charge in [0.1, 0.15) is 17.5 Å². The number of nitrogens with zero attached hydrogens (tertiary/aromatic N) is 16. The first-order chi connectivity index (χ1) is 38.3. The number of anilines is 2. The number of carbonyl (C=O) groups is 1. The van der Waals surface area contributed by atoms with E-state index in [1.165, 1.54) is 12.8 Å². The van der Waals surface area contributed by atoms with E-state index in [0.29, 0.717) is 42.1 Å². The number of nitrogens with one attached hydrogen (secondary N) is 1. The number of tetrazole rings is 1. The number of hydrogen-bond acceptors (Lipinski definition) is 13. The Morgan fingerprint density at radius 1 is 0.859 bits per heavy atom. The number of fused-ring (bicyclic) bond motifs is 3. The standard InChI is InChI=1S/C27H29N9O3.C27H4.H3N9O3.12H2/c1-16-14-39-25-19(26-31-32-33-36(16)26)4-3-5-20(25)30-27(37)21-10-23(35-13-22(29-15-35)18-6-7-18)24(11-28-21)34-8-9-38-17(2)12-34;1-3-5-7-9-11-13-15-17-19-21-23-25-27-26-24-22-20-18-16-14-12-10-8-6-4-2;1-2-3-4-5-6-7-8-9(10)12-11;;;;;;;;;;;;/h3-5,10-11,13,15-18H,6-9,12,14H2,1-2H3,(H,30,37);1H,2H3;11H,(H2,1,3,5,7);12*1H/t16-,17+;;;;;;;;;;;;;;/m0............../s1. The average molecular weight is 1060 g/mol. The summed E-state index contributed by atoms with van der Waals surface area (Å²) in [6, 6.07) is 7.31. The molecule has 2 fully saturated rings. The lowest BCUT2D eigenvalue weighted by Crippen LogP contribution is -2.41. The van der Waals surface area contributed by atoms with Gasteiger partial charge in [-0.25, -0.2) is 14.6 Å². The molecule has 4 N–H and O–H groups in total. The van der Waals surface area contributed by atoms with Gasteiger partial charge in [0, 0.05) is 100 Å². The summed E-state index contributed by atoms with van der Waals surface area (Å²) < 4.78 is 15.6. The van der Waals surface area contributed by atoms with Crippen molar-refractivity contribution in [3.8, 4) is 177 Å². The van der Waals surface area contributed by atoms with Crippen molar-refractivity contribution >= 4 is 17.3 Å². The van der Waals surface area contributed by atoms with Gasteiger partial charge in [0.2, 0.25) is 10.4 Å². The van der Waals surface area contributed by atoms with Crippen molar-refractivity contribution in [3.63, 3.8) is 0 Å². The second-order valence-corrected chi connectivity index (χ2v) is 14.7. The fraction of sp³-hybridized carbons (Fsp3) is 0.222. The Kier molecular flexibility index (Phi) is 23.7. The molecule has 2 atom stereocenters. The number of amides is 1. The zero-order valence-corrected chi connectivity index (χ0v) is 41.3. The van der Waals surface area contributed by atoms with Crippen molar-refractivity contribution in [2.24, 2.45) is 42.4 Å². The van der Waals surface area contributed by atoms with Crippen LogP contribution in [0.3, 0.4) is 0 Å². The highest BCUT2D eigenvalue weighted by Crippen LogP contribution is 2.40. The molecule has 78 heavy (non-hydrogen) atoms. The van der Waals surface area contributed by atoms with Gasteiger partial charge in [0.15, 0.2) is 11.6 Å². The fourth-order valence-electron chi connectivity index (χ4n) is 6.10. The Bertz CT molecular complexity index is 3900. The summed E-state index contributed by atoms with van der Waals surface area (Å²) in [4.78, 5) is 28.0. The summed E-state index contributed by atoms with van der Waals surface area (Å²) in [5.41, 5.74) is 4.44. The van der Waals surface area contributed by atoms with Gasteiger partial charge in [-0.15, -0.1) is 11.5 Å². The highest BCUT2D eigenvalue weighted by atomic mass is 17.2. The van der Waals surface area contributed by atoms with Gasteiger partial charge in [-0.1, -0.05) is 17.2 Å². The largest absolute Gasteiger partial charge is 0.488 e. The van der Waals surface area contributed by atoms with Gasteiger partial charge in [0.25, 0.3) is 5.91 Å². The molecular weight excluding hydrogens is 997 g/mol. The van der Waals surface area contributed by atoms with E-state index in [1.54, 1.807) is 17.8 Å². The smallest absolute Gasteiger partial charge is 0.274 e. The normalized spacial score (nSPS) is 13.7. The number of rotatable bonds is 9. The van der Waals surface area contributed by atoms with Gasteiger partial charge in [-0.3, -0.25) is 10.1 Å². The van der Waals surface area contributed by atoms with Crippen LogP contribution in [-0.2, 0) is 9.73 Å². The van der Waals surface area contributed by atoms with Crippen LogP contribution >= 0.6 is 0 Å². The highest BCUT2D eigenvalue weighted by molar-refractivity contribution is 6.05. The number of pyridine rings is 1. The Labute approximate surface area is 465 Å². The van der Waals surface area contributed by atoms with E-state index in [2.05, 4.69) is 244 Å². The molecule has 1 saturated carbocycles. The number of para-hydroxylation sites is 1. The number of nitrogens with two attached hydrogens (primary N) is 1. The molecule has 2 aliphatic heterocycles. The third kappa shape index (κ3) is 19.4. The molecule has 24 nitrogen and oxygen atoms in total. The number of ether oxygens (including phenoxy) is 2. The number of benzene rings is 1. The SMILES string of the molecule is C#CC#CC#CC#CC#CC#CC#CC#CC#CC#CC#CC#CC#CC.C[C@@H]1CN(c2cnc(C(=O)Nc3cccc4c3OC[C@H](C)n3nnnc3-4)cc2-n2cnc(C3CC3)c2)CCO1.NN=NN=NN=NN=[N+]([O-])OO.[HH].[HH].[HH].[HH].[HH].[HH].[HH].[HH].[HH].[HH].[HH].[HH]. The average Bonchev–Trinajstić information content (AvgIpc) is 1.65. The van der Waals surface area contributed by atoms with E-state index in [-0.39, 0.29) is 35.2 Å². The lowest BCUT2D eigenvalue weighted by Gasteiger charge is -2.34. The first-order valence-corrected chi connectivity index (χ1v) is 22.3. The van der Waals surface area contributed by atoms with Crippen LogP contribution in [-0.4, -0.2) is 83.3 Å². The summed E-state index contributed by atoms with van der Waals surface area (Å²) in [6.45, 7) is 8.25. The van der Waals surface area contributed by atoms with E-state index in [1.807, 2.05) is 42.1 Å². The summed E-state index contributed by atoms with van der Waals surface area (Å²) in [5.74, 6) is 67.7. The Morgan fingerprint density at radius 3 is 2.04 bits per heavy atom. The third-order valence-electron chi connectivity index (χ3n) is 9.40. The monoisotopic (exact) mass is 1060 g/mol. The predicted octanol–water partition coefficient (Wildman–Crippen LogP) is 7.19. The van der Waals surface area contributed by atoms with Crippen LogP contribution in [0.2, 0.25) is 0 Å². The van der Waals surface area contributed by atoms with Gasteiger partial charge in [-0.05, 0) is 162 Å². The molecule has 1 amide bonds. The minimum atomic E-state index is -0.622. The van der Waals surface area contributed by atoms with E-state index in [4.69, 9.17) is 21.2 Å². The van der Waals surface area contributed by atoms with Crippen molar-refractivity contribution in [1.29, 1.82) is 0 Å². The molecule has 7 rings (SSSR count). The van der Waals surface area contributed by atoms with Crippen LogP contribution in [0.4, 0.5) is 11.4 Å². The molecule has 5 heterocycles. The maximum atomic E-state index is 13.6. The number of imidazole rings is 1. The zero-order valence-electron chi connectivity index (χ0n) is 41.3. The fourth-order valence-corrected chi connectivity index (χ4v) is 6.10. The predicted molar refractivity (Wildman–Crippen MR) is 304 cm³/mol. The van der Waals surface area contributed by atoms with Crippen LogP contribution in [0, 0.1) is 160 Å². The highest BCUT2D eigenvalue weighted by Gasteiger charge is 2.29. The second kappa shape index (κ2) is 32.6. The molecule has 3 aliphatic rings. The Hall–Kier alpha value is -12.3. The molecule has 0 bridgehead atoms. The van der Waals surface area contributed by atoms with Crippen LogP contribution in [0.25, 0.3) is 17.1 Å². The van der Waals surface area contributed by atoms with Crippen LogP contribution in [0.15, 0.2) is 79.5 Å². The summed E-state index contributed by atoms with van der Waals surface area (Å²) >= 11 is 0. The van der Waals surface area contributed by atoms with E-state index < -0.39 is 5.02 Å². The molecule has 402 valence electrons. The second-order valence-electron chi connectivity index (χ2n) is 14.7. The van der Waals surface area contributed by atoms with Crippen molar-refractivity contribution in [1.82, 2.24) is 34.7 Å². The molecule has 24 heteroatoms. The molecule has 0 radical (unpaired) electrons. The molecule has 0 spiro atoms. The number of morpholine rings is 1. The quantitative estimate of drug-likeness (QED) is 0.0492. The molecule has 3 aromatic heterocycles. The number of terminal acetylenes is 1. The van der Waals surface area contributed by atoms with Crippen molar-refractivity contribution in [2.75, 3.05) is 36.5 Å². The maximum absolute atomic E-state index is 13.6. The molecule has 0 unspecified atom stereocenters. The minimum absolute atomic E-state index is 0. The Balaban J connectivity index is -0.000000196. The molecule has 1 aromatic carbocycles. The number of hydrogen-bond donors (Lipinski definition) is 3. The first-order valence-electron chi connectivity index (χ1n) is 22.3. The lowest BCUT2D eigenvalue weighted by molar-refractivity contribution is -0.873. The van der Waals surface area contributed by atoms with Gasteiger partial charge in [0.05, 0.1) is 64.6 Å². The van der Waals surface area contributed by atoms with Crippen LogP contribution < -0.4 is 20.8 Å². The number of carbonyl (C=O) groups excluding carboxylic acids is 1. The van der Waals surface area contributed by atoms with Crippen LogP contribution in [0.5, 0.6) is 5.75 Å². The van der Waals surface area contributed by atoms with Crippen molar-refractivity contribution in [2.45, 2.75) is 51.7 Å². The summed E-state index contributed by atoms with van der Waals surface area (Å²) in [5, 5.41) is 51.1. The third-order valence-corrected chi connectivity index (χ3v) is 9.40. The molecule has 1 aliphatic carbocycles. The number of aromatic nitrogens is 7. The van der Waals surface area contributed by atoms with Crippen molar-refractivity contribution < 1.29 is 46.7 Å².